The summed E-state index contributed by atoms with van der Waals surface area (Å²) >= 11 is 0. The maximum absolute atomic E-state index is 9.99. The van der Waals surface area contributed by atoms with Crippen LogP contribution in [0.15, 0.2) is 53.1 Å². The molecule has 3 aromatic rings. The zero-order valence-electron chi connectivity index (χ0n) is 11.7. The predicted molar refractivity (Wildman–Crippen MR) is 81.4 cm³/mol. The van der Waals surface area contributed by atoms with Crippen molar-refractivity contribution < 1.29 is 19.4 Å². The Bertz CT molecular complexity index is 835. The Morgan fingerprint density at radius 3 is 2.64 bits per heavy atom. The van der Waals surface area contributed by atoms with Gasteiger partial charge in [-0.15, -0.1) is 0 Å². The molecule has 1 aliphatic rings. The molecular formula is C18H14O4. The van der Waals surface area contributed by atoms with Crippen LogP contribution < -0.4 is 4.74 Å². The van der Waals surface area contributed by atoms with Crippen LogP contribution in [-0.2, 0) is 12.8 Å². The van der Waals surface area contributed by atoms with Gasteiger partial charge in [-0.25, -0.2) is 0 Å². The number of ether oxygens (including phenoxy) is 1. The van der Waals surface area contributed by atoms with Gasteiger partial charge in [0.2, 0.25) is 0 Å². The number of fused-ring (bicyclic) bond motifs is 2. The second-order valence-electron chi connectivity index (χ2n) is 5.34. The van der Waals surface area contributed by atoms with E-state index in [1.165, 1.54) is 12.1 Å². The zero-order valence-corrected chi connectivity index (χ0v) is 11.7. The lowest BCUT2D eigenvalue weighted by Crippen LogP contribution is -1.89. The predicted octanol–water partition coefficient (Wildman–Crippen LogP) is 4.25. The molecule has 0 bridgehead atoms. The molecule has 110 valence electrons. The van der Waals surface area contributed by atoms with Gasteiger partial charge >= 0.3 is 0 Å². The SMILES string of the molecule is Oc1cc(O)c2c(c1)Oc1cc(-c3ccco3)ccc1CC2. The summed E-state index contributed by atoms with van der Waals surface area (Å²) < 4.78 is 11.4. The van der Waals surface area contributed by atoms with Crippen LogP contribution in [0.4, 0.5) is 0 Å². The number of benzene rings is 2. The van der Waals surface area contributed by atoms with Crippen LogP contribution in [0, 0.1) is 0 Å². The van der Waals surface area contributed by atoms with E-state index >= 15 is 0 Å². The van der Waals surface area contributed by atoms with Crippen LogP contribution in [0.1, 0.15) is 11.1 Å². The molecule has 0 saturated heterocycles. The van der Waals surface area contributed by atoms with Gasteiger partial charge in [-0.3, -0.25) is 0 Å². The number of hydrogen-bond donors (Lipinski definition) is 2. The molecule has 0 saturated carbocycles. The van der Waals surface area contributed by atoms with Crippen molar-refractivity contribution in [1.29, 1.82) is 0 Å². The van der Waals surface area contributed by atoms with Crippen LogP contribution in [0.25, 0.3) is 11.3 Å². The Labute approximate surface area is 127 Å². The van der Waals surface area contributed by atoms with E-state index in [2.05, 4.69) is 0 Å². The molecule has 22 heavy (non-hydrogen) atoms. The van der Waals surface area contributed by atoms with Crippen LogP contribution >= 0.6 is 0 Å². The van der Waals surface area contributed by atoms with Crippen LogP contribution in [0.3, 0.4) is 0 Å². The highest BCUT2D eigenvalue weighted by atomic mass is 16.5. The van der Waals surface area contributed by atoms with Crippen molar-refractivity contribution in [3.63, 3.8) is 0 Å². The van der Waals surface area contributed by atoms with E-state index in [0.29, 0.717) is 17.7 Å². The Morgan fingerprint density at radius 2 is 1.82 bits per heavy atom. The van der Waals surface area contributed by atoms with E-state index in [4.69, 9.17) is 9.15 Å². The van der Waals surface area contributed by atoms with E-state index in [1.807, 2.05) is 30.3 Å². The summed E-state index contributed by atoms with van der Waals surface area (Å²) in [5.41, 5.74) is 2.70. The van der Waals surface area contributed by atoms with Gasteiger partial charge in [0.25, 0.3) is 0 Å². The van der Waals surface area contributed by atoms with Gasteiger partial charge in [0.1, 0.15) is 28.8 Å². The van der Waals surface area contributed by atoms with Gasteiger partial charge in [-0.1, -0.05) is 12.1 Å². The second kappa shape index (κ2) is 4.84. The quantitative estimate of drug-likeness (QED) is 0.704. The second-order valence-corrected chi connectivity index (χ2v) is 5.34. The third-order valence-corrected chi connectivity index (χ3v) is 3.91. The zero-order chi connectivity index (χ0) is 15.1. The summed E-state index contributed by atoms with van der Waals surface area (Å²) in [5.74, 6) is 2.04. The lowest BCUT2D eigenvalue weighted by atomic mass is 10.0. The number of rotatable bonds is 1. The van der Waals surface area contributed by atoms with Crippen molar-refractivity contribution in [2.75, 3.05) is 0 Å². The number of aryl methyl sites for hydroxylation is 1. The van der Waals surface area contributed by atoms with Gasteiger partial charge in [0, 0.05) is 23.3 Å². The van der Waals surface area contributed by atoms with Crippen molar-refractivity contribution in [2.24, 2.45) is 0 Å². The summed E-state index contributed by atoms with van der Waals surface area (Å²) in [6.07, 6.45) is 3.06. The monoisotopic (exact) mass is 294 g/mol. The van der Waals surface area contributed by atoms with E-state index in [-0.39, 0.29) is 11.5 Å². The minimum absolute atomic E-state index is 0.0121. The van der Waals surface area contributed by atoms with Crippen molar-refractivity contribution in [1.82, 2.24) is 0 Å². The molecule has 0 radical (unpaired) electrons. The van der Waals surface area contributed by atoms with E-state index in [1.54, 1.807) is 6.26 Å². The average molecular weight is 294 g/mol. The lowest BCUT2D eigenvalue weighted by molar-refractivity contribution is 0.427. The number of phenolic OH excluding ortho intramolecular Hbond substituents is 2. The standard InChI is InChI=1S/C18H14O4/c19-13-9-15(20)14-6-5-11-3-4-12(16-2-1-7-21-16)8-17(11)22-18(14)10-13/h1-4,7-10,19-20H,5-6H2. The molecule has 4 nitrogen and oxygen atoms in total. The third kappa shape index (κ3) is 2.09. The van der Waals surface area contributed by atoms with Gasteiger partial charge < -0.3 is 19.4 Å². The molecular weight excluding hydrogens is 280 g/mol. The molecule has 0 amide bonds. The van der Waals surface area contributed by atoms with Crippen molar-refractivity contribution in [3.05, 3.63) is 59.9 Å². The normalized spacial score (nSPS) is 12.9. The summed E-state index contributed by atoms with van der Waals surface area (Å²) in [6, 6.07) is 12.5. The number of hydrogen-bond acceptors (Lipinski definition) is 4. The van der Waals surface area contributed by atoms with E-state index in [0.717, 1.165) is 29.1 Å². The molecule has 4 rings (SSSR count). The molecule has 0 aliphatic carbocycles. The fourth-order valence-corrected chi connectivity index (χ4v) is 2.79. The Kier molecular flexibility index (Phi) is 2.82. The number of aromatic hydroxyl groups is 2. The topological polar surface area (TPSA) is 62.8 Å². The number of furan rings is 1. The van der Waals surface area contributed by atoms with Gasteiger partial charge in [0.05, 0.1) is 6.26 Å². The minimum atomic E-state index is -0.0121. The van der Waals surface area contributed by atoms with Crippen molar-refractivity contribution >= 4 is 0 Å². The summed E-state index contributed by atoms with van der Waals surface area (Å²) in [4.78, 5) is 0. The van der Waals surface area contributed by atoms with Crippen molar-refractivity contribution in [3.8, 4) is 34.3 Å². The third-order valence-electron chi connectivity index (χ3n) is 3.91. The first-order chi connectivity index (χ1) is 10.7. The number of phenols is 2. The minimum Gasteiger partial charge on any atom is -0.508 e. The fraction of sp³-hybridized carbons (Fsp3) is 0.111. The molecule has 0 atom stereocenters. The highest BCUT2D eigenvalue weighted by Crippen LogP contribution is 2.41. The Morgan fingerprint density at radius 1 is 0.909 bits per heavy atom. The first-order valence-electron chi connectivity index (χ1n) is 7.10. The summed E-state index contributed by atoms with van der Waals surface area (Å²) in [5, 5.41) is 19.6. The summed E-state index contributed by atoms with van der Waals surface area (Å²) in [7, 11) is 0. The Balaban J connectivity index is 1.80. The molecule has 0 spiro atoms. The molecule has 2 heterocycles. The maximum atomic E-state index is 9.99. The molecule has 2 N–H and O–H groups in total. The first-order valence-corrected chi connectivity index (χ1v) is 7.10. The molecule has 0 unspecified atom stereocenters. The first kappa shape index (κ1) is 12.8. The average Bonchev–Trinajstić information content (AvgIpc) is 2.95. The fourth-order valence-electron chi connectivity index (χ4n) is 2.79. The van der Waals surface area contributed by atoms with Crippen LogP contribution in [-0.4, -0.2) is 10.2 Å². The van der Waals surface area contributed by atoms with Crippen molar-refractivity contribution in [2.45, 2.75) is 12.8 Å². The van der Waals surface area contributed by atoms with Gasteiger partial charge in [-0.05, 0) is 36.6 Å². The smallest absolute Gasteiger partial charge is 0.138 e. The van der Waals surface area contributed by atoms with Crippen LogP contribution in [0.2, 0.25) is 0 Å². The van der Waals surface area contributed by atoms with Crippen LogP contribution in [0.5, 0.6) is 23.0 Å². The van der Waals surface area contributed by atoms with E-state index in [9.17, 15) is 10.2 Å². The van der Waals surface area contributed by atoms with Gasteiger partial charge in [-0.2, -0.15) is 0 Å². The molecule has 0 fully saturated rings. The summed E-state index contributed by atoms with van der Waals surface area (Å²) in [6.45, 7) is 0. The molecule has 1 aliphatic heterocycles. The molecule has 4 heteroatoms. The van der Waals surface area contributed by atoms with Gasteiger partial charge in [0.15, 0.2) is 0 Å². The van der Waals surface area contributed by atoms with E-state index < -0.39 is 0 Å². The largest absolute Gasteiger partial charge is 0.508 e. The maximum Gasteiger partial charge on any atom is 0.138 e. The lowest BCUT2D eigenvalue weighted by Gasteiger charge is -2.11. The highest BCUT2D eigenvalue weighted by Gasteiger charge is 2.19. The molecule has 2 aromatic carbocycles. The highest BCUT2D eigenvalue weighted by molar-refractivity contribution is 5.63. The Hall–Kier alpha value is -2.88. The molecule has 1 aromatic heterocycles.